The molecule has 198 valence electrons. The molecule has 8 heteroatoms. The number of amides is 2. The highest BCUT2D eigenvalue weighted by atomic mass is 16.5. The van der Waals surface area contributed by atoms with Crippen molar-refractivity contribution in [1.29, 1.82) is 0 Å². The van der Waals surface area contributed by atoms with Crippen molar-refractivity contribution in [1.82, 2.24) is 15.5 Å². The van der Waals surface area contributed by atoms with Crippen molar-refractivity contribution in [3.05, 3.63) is 94.0 Å². The third-order valence-electron chi connectivity index (χ3n) is 7.21. The Bertz CT molecular complexity index is 1320. The normalized spacial score (nSPS) is 17.0. The van der Waals surface area contributed by atoms with E-state index in [9.17, 15) is 14.7 Å². The maximum atomic E-state index is 13.2. The Morgan fingerprint density at radius 1 is 1.13 bits per heavy atom. The molecule has 0 fully saturated rings. The van der Waals surface area contributed by atoms with Crippen molar-refractivity contribution in [3.63, 3.8) is 0 Å². The maximum Gasteiger partial charge on any atom is 0.255 e. The van der Waals surface area contributed by atoms with Crippen LogP contribution in [0.2, 0.25) is 0 Å². The lowest BCUT2D eigenvalue weighted by Crippen LogP contribution is -2.49. The molecule has 2 atom stereocenters. The van der Waals surface area contributed by atoms with Gasteiger partial charge in [-0.15, -0.1) is 0 Å². The van der Waals surface area contributed by atoms with Crippen LogP contribution >= 0.6 is 0 Å². The van der Waals surface area contributed by atoms with Crippen LogP contribution in [0.25, 0.3) is 0 Å². The van der Waals surface area contributed by atoms with Crippen LogP contribution in [0.3, 0.4) is 0 Å². The van der Waals surface area contributed by atoms with Crippen LogP contribution in [0.4, 0.5) is 0 Å². The van der Waals surface area contributed by atoms with E-state index in [1.807, 2.05) is 43.3 Å². The van der Waals surface area contributed by atoms with Gasteiger partial charge >= 0.3 is 0 Å². The SMILES string of the molecule is CCOc1cc2c(cc1C(=O)NCC(O)C1Cc3ccccc3CN1)CN(Cc1ccc(OC)cc1)C2=O. The Balaban J connectivity index is 1.26. The first-order valence-electron chi connectivity index (χ1n) is 12.9. The van der Waals surface area contributed by atoms with Gasteiger partial charge in [0.15, 0.2) is 0 Å². The van der Waals surface area contributed by atoms with Crippen molar-refractivity contribution in [2.45, 2.75) is 45.1 Å². The predicted octanol–water partition coefficient (Wildman–Crippen LogP) is 3.06. The van der Waals surface area contributed by atoms with Crippen LogP contribution < -0.4 is 20.1 Å². The summed E-state index contributed by atoms with van der Waals surface area (Å²) in [5.74, 6) is 0.689. The Hall–Kier alpha value is -3.88. The van der Waals surface area contributed by atoms with Gasteiger partial charge in [0, 0.05) is 37.8 Å². The molecule has 2 aliphatic rings. The molecule has 0 bridgehead atoms. The van der Waals surface area contributed by atoms with E-state index >= 15 is 0 Å². The number of fused-ring (bicyclic) bond motifs is 2. The average Bonchev–Trinajstić information content (AvgIpc) is 3.25. The van der Waals surface area contributed by atoms with Crippen LogP contribution in [0.1, 0.15) is 49.9 Å². The summed E-state index contributed by atoms with van der Waals surface area (Å²) < 4.78 is 11.0. The molecule has 3 aromatic carbocycles. The summed E-state index contributed by atoms with van der Waals surface area (Å²) in [6, 6.07) is 19.0. The van der Waals surface area contributed by atoms with E-state index in [0.29, 0.717) is 49.5 Å². The number of aliphatic hydroxyl groups excluding tert-OH is 1. The van der Waals surface area contributed by atoms with Crippen LogP contribution in [0, 0.1) is 0 Å². The quantitative estimate of drug-likeness (QED) is 0.405. The van der Waals surface area contributed by atoms with Crippen molar-refractivity contribution < 1.29 is 24.2 Å². The topological polar surface area (TPSA) is 100 Å². The third-order valence-corrected chi connectivity index (χ3v) is 7.21. The molecule has 0 saturated carbocycles. The number of aliphatic hydroxyl groups is 1. The van der Waals surface area contributed by atoms with E-state index in [0.717, 1.165) is 16.9 Å². The summed E-state index contributed by atoms with van der Waals surface area (Å²) in [7, 11) is 1.62. The molecule has 5 rings (SSSR count). The molecule has 0 spiro atoms. The van der Waals surface area contributed by atoms with E-state index < -0.39 is 6.10 Å². The van der Waals surface area contributed by atoms with E-state index in [1.54, 1.807) is 24.1 Å². The van der Waals surface area contributed by atoms with Gasteiger partial charge in [0.2, 0.25) is 0 Å². The highest BCUT2D eigenvalue weighted by Crippen LogP contribution is 2.31. The summed E-state index contributed by atoms with van der Waals surface area (Å²) >= 11 is 0. The third kappa shape index (κ3) is 5.37. The fourth-order valence-corrected chi connectivity index (χ4v) is 5.12. The van der Waals surface area contributed by atoms with Crippen molar-refractivity contribution in [3.8, 4) is 11.5 Å². The number of methoxy groups -OCH3 is 1. The second kappa shape index (κ2) is 11.2. The minimum atomic E-state index is -0.751. The minimum Gasteiger partial charge on any atom is -0.497 e. The number of benzene rings is 3. The first-order valence-corrected chi connectivity index (χ1v) is 12.9. The molecule has 0 aliphatic carbocycles. The van der Waals surface area contributed by atoms with Crippen LogP contribution in [0.15, 0.2) is 60.7 Å². The molecule has 0 saturated heterocycles. The molecule has 0 radical (unpaired) electrons. The molecule has 3 aromatic rings. The largest absolute Gasteiger partial charge is 0.497 e. The molecule has 2 heterocycles. The maximum absolute atomic E-state index is 13.2. The average molecular weight is 516 g/mol. The summed E-state index contributed by atoms with van der Waals surface area (Å²) in [5, 5.41) is 17.0. The van der Waals surface area contributed by atoms with Gasteiger partial charge in [-0.25, -0.2) is 0 Å². The van der Waals surface area contributed by atoms with E-state index in [1.165, 1.54) is 11.1 Å². The lowest BCUT2D eigenvalue weighted by atomic mass is 9.93. The van der Waals surface area contributed by atoms with E-state index in [-0.39, 0.29) is 24.4 Å². The number of nitrogens with zero attached hydrogens (tertiary/aromatic N) is 1. The molecular weight excluding hydrogens is 482 g/mol. The Labute approximate surface area is 222 Å². The van der Waals surface area contributed by atoms with Gasteiger partial charge < -0.3 is 30.1 Å². The summed E-state index contributed by atoms with van der Waals surface area (Å²) in [6.07, 6.45) is -0.0543. The summed E-state index contributed by atoms with van der Waals surface area (Å²) in [5.41, 5.74) is 5.12. The lowest BCUT2D eigenvalue weighted by Gasteiger charge is -2.30. The molecular formula is C30H33N3O5. The zero-order valence-corrected chi connectivity index (χ0v) is 21.7. The fourth-order valence-electron chi connectivity index (χ4n) is 5.12. The summed E-state index contributed by atoms with van der Waals surface area (Å²) in [4.78, 5) is 28.1. The van der Waals surface area contributed by atoms with Gasteiger partial charge in [0.05, 0.1) is 25.4 Å². The fraction of sp³-hybridized carbons (Fsp3) is 0.333. The number of hydrogen-bond acceptors (Lipinski definition) is 6. The lowest BCUT2D eigenvalue weighted by molar-refractivity contribution is 0.0766. The second-order valence-corrected chi connectivity index (χ2v) is 9.69. The van der Waals surface area contributed by atoms with Gasteiger partial charge in [-0.2, -0.15) is 0 Å². The number of rotatable bonds is 9. The summed E-state index contributed by atoms with van der Waals surface area (Å²) in [6.45, 7) is 3.84. The van der Waals surface area contributed by atoms with Gasteiger partial charge in [0.25, 0.3) is 11.8 Å². The number of hydrogen-bond donors (Lipinski definition) is 3. The molecule has 2 amide bonds. The Morgan fingerprint density at radius 3 is 2.63 bits per heavy atom. The highest BCUT2D eigenvalue weighted by Gasteiger charge is 2.31. The van der Waals surface area contributed by atoms with Crippen molar-refractivity contribution in [2.24, 2.45) is 0 Å². The van der Waals surface area contributed by atoms with E-state index in [4.69, 9.17) is 9.47 Å². The van der Waals surface area contributed by atoms with Gasteiger partial charge in [-0.1, -0.05) is 36.4 Å². The minimum absolute atomic E-state index is 0.0946. The highest BCUT2D eigenvalue weighted by molar-refractivity contribution is 6.03. The monoisotopic (exact) mass is 515 g/mol. The molecule has 3 N–H and O–H groups in total. The van der Waals surface area contributed by atoms with Gasteiger partial charge in [-0.05, 0) is 59.9 Å². The number of carbonyl (C=O) groups excluding carboxylic acids is 2. The number of carbonyl (C=O) groups is 2. The molecule has 38 heavy (non-hydrogen) atoms. The van der Waals surface area contributed by atoms with Crippen LogP contribution in [-0.4, -0.2) is 54.2 Å². The number of ether oxygens (including phenoxy) is 2. The molecule has 0 aromatic heterocycles. The number of nitrogens with one attached hydrogen (secondary N) is 2. The predicted molar refractivity (Wildman–Crippen MR) is 143 cm³/mol. The first kappa shape index (κ1) is 25.8. The van der Waals surface area contributed by atoms with Crippen LogP contribution in [0.5, 0.6) is 11.5 Å². The molecule has 8 nitrogen and oxygen atoms in total. The second-order valence-electron chi connectivity index (χ2n) is 9.69. The molecule has 2 aliphatic heterocycles. The van der Waals surface area contributed by atoms with Gasteiger partial charge in [0.1, 0.15) is 11.5 Å². The Kier molecular flexibility index (Phi) is 7.62. The zero-order valence-electron chi connectivity index (χ0n) is 21.7. The van der Waals surface area contributed by atoms with Crippen LogP contribution in [-0.2, 0) is 26.1 Å². The Morgan fingerprint density at radius 2 is 1.89 bits per heavy atom. The van der Waals surface area contributed by atoms with E-state index in [2.05, 4.69) is 22.8 Å². The standard InChI is InChI=1S/C30H33N3O5/c1-3-38-28-14-24-22(18-33(30(24)36)17-19-8-10-23(37-2)11-9-19)12-25(28)29(35)32-16-27(34)26-13-20-6-4-5-7-21(20)15-31-26/h4-12,14,26-27,31,34H,3,13,15-18H2,1-2H3,(H,32,35). The van der Waals surface area contributed by atoms with Crippen molar-refractivity contribution >= 4 is 11.8 Å². The van der Waals surface area contributed by atoms with Gasteiger partial charge in [-0.3, -0.25) is 9.59 Å². The molecule has 2 unspecified atom stereocenters. The van der Waals surface area contributed by atoms with Crippen molar-refractivity contribution in [2.75, 3.05) is 20.3 Å². The first-order chi connectivity index (χ1) is 18.5. The zero-order chi connectivity index (χ0) is 26.6. The smallest absolute Gasteiger partial charge is 0.255 e.